The third-order valence-electron chi connectivity index (χ3n) is 4.12. The summed E-state index contributed by atoms with van der Waals surface area (Å²) in [5.74, 6) is 1.80. The van der Waals surface area contributed by atoms with Crippen LogP contribution in [0.1, 0.15) is 10.9 Å². The van der Waals surface area contributed by atoms with E-state index in [-0.39, 0.29) is 17.1 Å². The summed E-state index contributed by atoms with van der Waals surface area (Å²) >= 11 is 1.67. The number of urea groups is 1. The van der Waals surface area contributed by atoms with Crippen LogP contribution in [0.25, 0.3) is 0 Å². The molecule has 2 amide bonds. The van der Waals surface area contributed by atoms with Crippen molar-refractivity contribution < 1.29 is 18.7 Å². The second-order valence-electron chi connectivity index (χ2n) is 5.73. The summed E-state index contributed by atoms with van der Waals surface area (Å²) < 4.78 is 24.9. The van der Waals surface area contributed by atoms with Gasteiger partial charge in [0.2, 0.25) is 0 Å². The Kier molecular flexibility index (Phi) is 4.40. The Balaban J connectivity index is 1.54. The van der Waals surface area contributed by atoms with E-state index in [4.69, 9.17) is 9.47 Å². The van der Waals surface area contributed by atoms with Crippen molar-refractivity contribution in [2.24, 2.45) is 0 Å². The van der Waals surface area contributed by atoms with Crippen molar-refractivity contribution in [2.45, 2.75) is 5.37 Å². The van der Waals surface area contributed by atoms with Gasteiger partial charge in [-0.1, -0.05) is 18.2 Å². The number of benzene rings is 2. The number of carbonyl (C=O) groups excluding carboxylic acids is 1. The molecular weight excluding hydrogens is 343 g/mol. The number of nitrogens with zero attached hydrogens (tertiary/aromatic N) is 1. The molecule has 0 bridgehead atoms. The maximum absolute atomic E-state index is 13.8. The van der Waals surface area contributed by atoms with Crippen LogP contribution in [0.3, 0.4) is 0 Å². The molecule has 0 spiro atoms. The molecule has 0 aromatic heterocycles. The van der Waals surface area contributed by atoms with E-state index in [0.717, 1.165) is 17.1 Å². The summed E-state index contributed by atoms with van der Waals surface area (Å²) in [4.78, 5) is 14.3. The van der Waals surface area contributed by atoms with Gasteiger partial charge in [-0.25, -0.2) is 9.18 Å². The van der Waals surface area contributed by atoms with Crippen molar-refractivity contribution in [3.63, 3.8) is 0 Å². The lowest BCUT2D eigenvalue weighted by Crippen LogP contribution is -2.34. The van der Waals surface area contributed by atoms with Crippen LogP contribution in [-0.4, -0.2) is 36.4 Å². The standard InChI is InChI=1S/C18H17FN2O3S/c19-13-3-1-2-4-14(13)20-18(22)21-7-10-25-17(21)12-5-6-15-16(11-12)24-9-8-23-15/h1-6,11,17H,7-10H2,(H,20,22). The minimum absolute atomic E-state index is 0.136. The second-order valence-corrected chi connectivity index (χ2v) is 6.92. The molecule has 2 aliphatic rings. The van der Waals surface area contributed by atoms with E-state index in [9.17, 15) is 9.18 Å². The van der Waals surface area contributed by atoms with Crippen molar-refractivity contribution in [3.8, 4) is 11.5 Å². The zero-order valence-electron chi connectivity index (χ0n) is 13.4. The molecule has 130 valence electrons. The van der Waals surface area contributed by atoms with Crippen LogP contribution >= 0.6 is 11.8 Å². The highest BCUT2D eigenvalue weighted by Crippen LogP contribution is 2.41. The highest BCUT2D eigenvalue weighted by Gasteiger charge is 2.32. The van der Waals surface area contributed by atoms with E-state index in [1.807, 2.05) is 18.2 Å². The van der Waals surface area contributed by atoms with Gasteiger partial charge in [-0.3, -0.25) is 0 Å². The predicted octanol–water partition coefficient (Wildman–Crippen LogP) is 3.88. The van der Waals surface area contributed by atoms with Crippen molar-refractivity contribution >= 4 is 23.5 Å². The summed E-state index contributed by atoms with van der Waals surface area (Å²) in [7, 11) is 0. The minimum atomic E-state index is -0.446. The third kappa shape index (κ3) is 3.24. The van der Waals surface area contributed by atoms with Gasteiger partial charge in [0.25, 0.3) is 0 Å². The van der Waals surface area contributed by atoms with Crippen LogP contribution in [0.15, 0.2) is 42.5 Å². The fourth-order valence-corrected chi connectivity index (χ4v) is 4.16. The van der Waals surface area contributed by atoms with Crippen LogP contribution in [0.2, 0.25) is 0 Å². The summed E-state index contributed by atoms with van der Waals surface area (Å²) in [5.41, 5.74) is 1.15. The molecule has 4 rings (SSSR count). The van der Waals surface area contributed by atoms with Gasteiger partial charge in [-0.05, 0) is 29.8 Å². The molecule has 1 unspecified atom stereocenters. The number of nitrogens with one attached hydrogen (secondary N) is 1. The maximum atomic E-state index is 13.8. The second kappa shape index (κ2) is 6.84. The average molecular weight is 360 g/mol. The molecule has 2 heterocycles. The SMILES string of the molecule is O=C(Nc1ccccc1F)N1CCSC1c1ccc2c(c1)OCCO2. The molecular formula is C18H17FN2O3S. The summed E-state index contributed by atoms with van der Waals surface area (Å²) in [6, 6.07) is 11.6. The Labute approximate surface area is 149 Å². The Bertz CT molecular complexity index is 802. The molecule has 0 aliphatic carbocycles. The number of hydrogen-bond donors (Lipinski definition) is 1. The number of hydrogen-bond acceptors (Lipinski definition) is 4. The zero-order valence-corrected chi connectivity index (χ0v) is 14.2. The summed E-state index contributed by atoms with van der Waals surface area (Å²) in [6.07, 6.45) is 0. The van der Waals surface area contributed by atoms with Gasteiger partial charge >= 0.3 is 6.03 Å². The van der Waals surface area contributed by atoms with Crippen molar-refractivity contribution in [1.29, 1.82) is 0 Å². The molecule has 25 heavy (non-hydrogen) atoms. The monoisotopic (exact) mass is 360 g/mol. The van der Waals surface area contributed by atoms with Gasteiger partial charge in [0.1, 0.15) is 24.4 Å². The molecule has 2 aromatic rings. The number of para-hydroxylation sites is 1. The topological polar surface area (TPSA) is 50.8 Å². The number of rotatable bonds is 2. The van der Waals surface area contributed by atoms with Gasteiger partial charge in [-0.15, -0.1) is 11.8 Å². The molecule has 1 saturated heterocycles. The molecule has 1 fully saturated rings. The van der Waals surface area contributed by atoms with Crippen molar-refractivity contribution in [3.05, 3.63) is 53.8 Å². The first-order valence-corrected chi connectivity index (χ1v) is 9.10. The summed E-state index contributed by atoms with van der Waals surface area (Å²) in [5, 5.41) is 2.52. The van der Waals surface area contributed by atoms with Crippen LogP contribution in [0.4, 0.5) is 14.9 Å². The van der Waals surface area contributed by atoms with Crippen LogP contribution in [-0.2, 0) is 0 Å². The molecule has 1 atom stereocenters. The number of fused-ring (bicyclic) bond motifs is 1. The zero-order chi connectivity index (χ0) is 17.2. The fraction of sp³-hybridized carbons (Fsp3) is 0.278. The number of thioether (sulfide) groups is 1. The van der Waals surface area contributed by atoms with Crippen molar-refractivity contribution in [2.75, 3.05) is 30.8 Å². The Morgan fingerprint density at radius 2 is 1.96 bits per heavy atom. The maximum Gasteiger partial charge on any atom is 0.323 e. The van der Waals surface area contributed by atoms with Gasteiger partial charge in [0, 0.05) is 12.3 Å². The van der Waals surface area contributed by atoms with Crippen LogP contribution < -0.4 is 14.8 Å². The molecule has 7 heteroatoms. The third-order valence-corrected chi connectivity index (χ3v) is 5.38. The highest BCUT2D eigenvalue weighted by atomic mass is 32.2. The van der Waals surface area contributed by atoms with E-state index >= 15 is 0 Å². The lowest BCUT2D eigenvalue weighted by Gasteiger charge is -2.26. The van der Waals surface area contributed by atoms with Gasteiger partial charge in [-0.2, -0.15) is 0 Å². The predicted molar refractivity (Wildman–Crippen MR) is 94.8 cm³/mol. The number of carbonyl (C=O) groups is 1. The van der Waals surface area contributed by atoms with E-state index < -0.39 is 5.82 Å². The summed E-state index contributed by atoms with van der Waals surface area (Å²) in [6.45, 7) is 1.66. The molecule has 2 aliphatic heterocycles. The fourth-order valence-electron chi connectivity index (χ4n) is 2.92. The van der Waals surface area contributed by atoms with Crippen molar-refractivity contribution in [1.82, 2.24) is 4.90 Å². The average Bonchev–Trinajstić information content (AvgIpc) is 3.13. The van der Waals surface area contributed by atoms with Gasteiger partial charge in [0.05, 0.1) is 5.69 Å². The van der Waals surface area contributed by atoms with Gasteiger partial charge in [0.15, 0.2) is 11.5 Å². The van der Waals surface area contributed by atoms with E-state index in [0.29, 0.717) is 25.5 Å². The lowest BCUT2D eigenvalue weighted by atomic mass is 10.1. The number of ether oxygens (including phenoxy) is 2. The first-order valence-electron chi connectivity index (χ1n) is 8.06. The molecule has 5 nitrogen and oxygen atoms in total. The largest absolute Gasteiger partial charge is 0.486 e. The highest BCUT2D eigenvalue weighted by molar-refractivity contribution is 7.99. The molecule has 1 N–H and O–H groups in total. The number of amides is 2. The molecule has 0 radical (unpaired) electrons. The molecule has 0 saturated carbocycles. The Morgan fingerprint density at radius 3 is 2.80 bits per heavy atom. The van der Waals surface area contributed by atoms with E-state index in [2.05, 4.69) is 5.32 Å². The first kappa shape index (κ1) is 16.1. The van der Waals surface area contributed by atoms with E-state index in [1.165, 1.54) is 6.07 Å². The first-order chi connectivity index (χ1) is 12.2. The lowest BCUT2D eigenvalue weighted by molar-refractivity contribution is 0.171. The normalized spacial score (nSPS) is 18.9. The Hall–Kier alpha value is -2.41. The smallest absolute Gasteiger partial charge is 0.323 e. The van der Waals surface area contributed by atoms with Gasteiger partial charge < -0.3 is 19.7 Å². The number of halogens is 1. The van der Waals surface area contributed by atoms with Crippen LogP contribution in [0, 0.1) is 5.82 Å². The van der Waals surface area contributed by atoms with E-state index in [1.54, 1.807) is 34.9 Å². The quantitative estimate of drug-likeness (QED) is 0.883. The molecule has 2 aromatic carbocycles. The number of anilines is 1. The minimum Gasteiger partial charge on any atom is -0.486 e. The Morgan fingerprint density at radius 1 is 1.16 bits per heavy atom. The van der Waals surface area contributed by atoms with Crippen LogP contribution in [0.5, 0.6) is 11.5 Å².